The zero-order chi connectivity index (χ0) is 13.5. The summed E-state index contributed by atoms with van der Waals surface area (Å²) in [5, 5.41) is 8.51. The van der Waals surface area contributed by atoms with E-state index in [0.717, 1.165) is 44.0 Å². The van der Waals surface area contributed by atoms with Crippen molar-refractivity contribution in [2.24, 2.45) is 0 Å². The molecule has 0 unspecified atom stereocenters. The Morgan fingerprint density at radius 3 is 2.68 bits per heavy atom. The van der Waals surface area contributed by atoms with Crippen LogP contribution in [0.25, 0.3) is 11.4 Å². The van der Waals surface area contributed by atoms with Gasteiger partial charge in [0, 0.05) is 25.3 Å². The number of rotatable bonds is 7. The van der Waals surface area contributed by atoms with Gasteiger partial charge < -0.3 is 4.74 Å². The second-order valence-corrected chi connectivity index (χ2v) is 4.61. The van der Waals surface area contributed by atoms with E-state index >= 15 is 0 Å². The van der Waals surface area contributed by atoms with E-state index in [1.165, 1.54) is 0 Å². The molecule has 0 amide bonds. The molecule has 102 valence electrons. The Hall–Kier alpha value is -1.39. The van der Waals surface area contributed by atoms with Crippen molar-refractivity contribution >= 4 is 11.6 Å². The van der Waals surface area contributed by atoms with Crippen LogP contribution in [0.15, 0.2) is 30.3 Å². The zero-order valence-electron chi connectivity index (χ0n) is 11.1. The molecule has 0 aliphatic rings. The van der Waals surface area contributed by atoms with Crippen LogP contribution >= 0.6 is 11.6 Å². The second kappa shape index (κ2) is 7.26. The van der Waals surface area contributed by atoms with Crippen molar-refractivity contribution in [3.63, 3.8) is 0 Å². The molecule has 5 heteroatoms. The van der Waals surface area contributed by atoms with Crippen molar-refractivity contribution in [1.82, 2.24) is 14.8 Å². The molecule has 1 aromatic heterocycles. The van der Waals surface area contributed by atoms with Gasteiger partial charge in [-0.2, -0.15) is 0 Å². The van der Waals surface area contributed by atoms with Gasteiger partial charge >= 0.3 is 0 Å². The van der Waals surface area contributed by atoms with E-state index in [1.54, 1.807) is 0 Å². The van der Waals surface area contributed by atoms with E-state index in [4.69, 9.17) is 16.3 Å². The minimum Gasteiger partial charge on any atom is -0.381 e. The SMILES string of the molecule is CCCOCCCn1c(Cl)nnc1-c1ccccc1. The van der Waals surface area contributed by atoms with Crippen LogP contribution in [0.1, 0.15) is 19.8 Å². The Balaban J connectivity index is 2.02. The van der Waals surface area contributed by atoms with Gasteiger partial charge in [0.25, 0.3) is 0 Å². The summed E-state index contributed by atoms with van der Waals surface area (Å²) in [5.74, 6) is 0.807. The quantitative estimate of drug-likeness (QED) is 0.729. The molecule has 0 radical (unpaired) electrons. The highest BCUT2D eigenvalue weighted by atomic mass is 35.5. The maximum atomic E-state index is 6.08. The lowest BCUT2D eigenvalue weighted by atomic mass is 10.2. The first kappa shape index (κ1) is 14.0. The summed E-state index contributed by atoms with van der Waals surface area (Å²) < 4.78 is 7.39. The summed E-state index contributed by atoms with van der Waals surface area (Å²) in [5.41, 5.74) is 1.02. The standard InChI is InChI=1S/C14H18ClN3O/c1-2-10-19-11-6-9-18-13(16-17-14(18)15)12-7-4-3-5-8-12/h3-5,7-8H,2,6,9-11H2,1H3. The van der Waals surface area contributed by atoms with Crippen molar-refractivity contribution in [3.05, 3.63) is 35.6 Å². The molecule has 0 saturated carbocycles. The molecule has 1 heterocycles. The zero-order valence-corrected chi connectivity index (χ0v) is 11.8. The predicted molar refractivity (Wildman–Crippen MR) is 76.2 cm³/mol. The van der Waals surface area contributed by atoms with Crippen LogP contribution in [0.3, 0.4) is 0 Å². The van der Waals surface area contributed by atoms with Crippen LogP contribution in [-0.4, -0.2) is 28.0 Å². The topological polar surface area (TPSA) is 39.9 Å². The van der Waals surface area contributed by atoms with Gasteiger partial charge in [0.1, 0.15) is 0 Å². The van der Waals surface area contributed by atoms with Crippen LogP contribution in [-0.2, 0) is 11.3 Å². The molecule has 0 N–H and O–H groups in total. The third kappa shape index (κ3) is 3.78. The van der Waals surface area contributed by atoms with Crippen molar-refractivity contribution in [2.45, 2.75) is 26.3 Å². The van der Waals surface area contributed by atoms with E-state index in [-0.39, 0.29) is 0 Å². The number of ether oxygens (including phenoxy) is 1. The van der Waals surface area contributed by atoms with Gasteiger partial charge in [0.05, 0.1) is 0 Å². The third-order valence-corrected chi connectivity index (χ3v) is 3.04. The van der Waals surface area contributed by atoms with E-state index < -0.39 is 0 Å². The van der Waals surface area contributed by atoms with Crippen molar-refractivity contribution in [3.8, 4) is 11.4 Å². The molecule has 0 aliphatic carbocycles. The molecule has 0 atom stereocenters. The van der Waals surface area contributed by atoms with Crippen LogP contribution in [0.2, 0.25) is 5.28 Å². The first-order valence-corrected chi connectivity index (χ1v) is 6.92. The monoisotopic (exact) mass is 279 g/mol. The Bertz CT molecular complexity index is 499. The predicted octanol–water partition coefficient (Wildman–Crippen LogP) is 3.42. The average molecular weight is 280 g/mol. The van der Waals surface area contributed by atoms with Gasteiger partial charge in [-0.15, -0.1) is 10.2 Å². The summed E-state index contributed by atoms with van der Waals surface area (Å²) in [7, 11) is 0. The molecular formula is C14H18ClN3O. The summed E-state index contributed by atoms with van der Waals surface area (Å²) in [6.45, 7) is 4.40. The van der Waals surface area contributed by atoms with Crippen molar-refractivity contribution in [2.75, 3.05) is 13.2 Å². The van der Waals surface area contributed by atoms with Gasteiger partial charge in [-0.1, -0.05) is 37.3 Å². The Labute approximate surface area is 118 Å². The first-order valence-electron chi connectivity index (χ1n) is 6.54. The molecule has 2 rings (SSSR count). The highest BCUT2D eigenvalue weighted by Gasteiger charge is 2.11. The van der Waals surface area contributed by atoms with Gasteiger partial charge in [-0.3, -0.25) is 4.57 Å². The highest BCUT2D eigenvalue weighted by Crippen LogP contribution is 2.20. The molecule has 4 nitrogen and oxygen atoms in total. The third-order valence-electron chi connectivity index (χ3n) is 2.76. The van der Waals surface area contributed by atoms with Gasteiger partial charge in [0.15, 0.2) is 5.82 Å². The van der Waals surface area contributed by atoms with E-state index in [1.807, 2.05) is 34.9 Å². The second-order valence-electron chi connectivity index (χ2n) is 4.28. The van der Waals surface area contributed by atoms with E-state index in [0.29, 0.717) is 5.28 Å². The van der Waals surface area contributed by atoms with Crippen molar-refractivity contribution < 1.29 is 4.74 Å². The molecule has 0 fully saturated rings. The van der Waals surface area contributed by atoms with Gasteiger partial charge in [-0.25, -0.2) is 0 Å². The lowest BCUT2D eigenvalue weighted by Crippen LogP contribution is -2.05. The molecule has 1 aromatic carbocycles. The van der Waals surface area contributed by atoms with E-state index in [9.17, 15) is 0 Å². The maximum Gasteiger partial charge on any atom is 0.225 e. The molecule has 2 aromatic rings. The minimum atomic E-state index is 0.425. The first-order chi connectivity index (χ1) is 9.33. The lowest BCUT2D eigenvalue weighted by Gasteiger charge is -2.08. The number of halogens is 1. The van der Waals surface area contributed by atoms with E-state index in [2.05, 4.69) is 17.1 Å². The Kier molecular flexibility index (Phi) is 5.36. The molecule has 0 spiro atoms. The average Bonchev–Trinajstić information content (AvgIpc) is 2.81. The molecular weight excluding hydrogens is 262 g/mol. The fourth-order valence-corrected chi connectivity index (χ4v) is 2.06. The largest absolute Gasteiger partial charge is 0.381 e. The van der Waals surface area contributed by atoms with Crippen molar-refractivity contribution in [1.29, 1.82) is 0 Å². The molecule has 0 saturated heterocycles. The van der Waals surface area contributed by atoms with Crippen LogP contribution in [0, 0.1) is 0 Å². The van der Waals surface area contributed by atoms with Gasteiger partial charge in [-0.05, 0) is 24.4 Å². The Morgan fingerprint density at radius 2 is 1.95 bits per heavy atom. The summed E-state index contributed by atoms with van der Waals surface area (Å²) in [6.07, 6.45) is 1.94. The summed E-state index contributed by atoms with van der Waals surface area (Å²) in [6, 6.07) is 9.94. The Morgan fingerprint density at radius 1 is 1.16 bits per heavy atom. The number of hydrogen-bond donors (Lipinski definition) is 0. The maximum absolute atomic E-state index is 6.08. The van der Waals surface area contributed by atoms with Gasteiger partial charge in [0.2, 0.25) is 5.28 Å². The van der Waals surface area contributed by atoms with Crippen LogP contribution < -0.4 is 0 Å². The number of hydrogen-bond acceptors (Lipinski definition) is 3. The smallest absolute Gasteiger partial charge is 0.225 e. The van der Waals surface area contributed by atoms with Crippen LogP contribution in [0.5, 0.6) is 0 Å². The normalized spacial score (nSPS) is 10.8. The molecule has 19 heavy (non-hydrogen) atoms. The molecule has 0 bridgehead atoms. The van der Waals surface area contributed by atoms with Crippen LogP contribution in [0.4, 0.5) is 0 Å². The number of benzene rings is 1. The number of nitrogens with zero attached hydrogens (tertiary/aromatic N) is 3. The minimum absolute atomic E-state index is 0.425. The lowest BCUT2D eigenvalue weighted by molar-refractivity contribution is 0.129. The fourth-order valence-electron chi connectivity index (χ4n) is 1.85. The highest BCUT2D eigenvalue weighted by molar-refractivity contribution is 6.28. The fraction of sp³-hybridized carbons (Fsp3) is 0.429. The summed E-state index contributed by atoms with van der Waals surface area (Å²) in [4.78, 5) is 0. The summed E-state index contributed by atoms with van der Waals surface area (Å²) >= 11 is 6.08. The molecule has 0 aliphatic heterocycles. The number of aromatic nitrogens is 3.